The highest BCUT2D eigenvalue weighted by Crippen LogP contribution is 2.43. The first-order valence-electron chi connectivity index (χ1n) is 7.40. The molecule has 0 aromatic heterocycles. The molecule has 3 atom stereocenters. The molecule has 20 heavy (non-hydrogen) atoms. The molecule has 3 N–H and O–H groups in total. The maximum atomic E-state index is 10.9. The van der Waals surface area contributed by atoms with Crippen molar-refractivity contribution in [3.8, 4) is 0 Å². The van der Waals surface area contributed by atoms with Crippen molar-refractivity contribution < 1.29 is 15.3 Å². The average molecular weight is 277 g/mol. The van der Waals surface area contributed by atoms with Crippen LogP contribution in [0.4, 0.5) is 5.69 Å². The Hall–Kier alpha value is -1.46. The molecule has 2 aliphatic rings. The molecule has 1 heterocycles. The van der Waals surface area contributed by atoms with Gasteiger partial charge in [-0.15, -0.1) is 0 Å². The van der Waals surface area contributed by atoms with Crippen molar-refractivity contribution in [2.75, 3.05) is 6.54 Å². The summed E-state index contributed by atoms with van der Waals surface area (Å²) in [6, 6.07) is 7.04. The number of nitro benzene ring substituents is 1. The smallest absolute Gasteiger partial charge is 0.269 e. The summed E-state index contributed by atoms with van der Waals surface area (Å²) in [4.78, 5) is 10.6. The highest BCUT2D eigenvalue weighted by molar-refractivity contribution is 5.35. The van der Waals surface area contributed by atoms with Gasteiger partial charge in [0.25, 0.3) is 5.69 Å². The molecule has 0 bridgehead atoms. The number of hydrogen-bond donors (Lipinski definition) is 2. The van der Waals surface area contributed by atoms with Crippen LogP contribution in [0.25, 0.3) is 0 Å². The number of rotatable bonds is 2. The highest BCUT2D eigenvalue weighted by atomic mass is 16.6. The highest BCUT2D eigenvalue weighted by Gasteiger charge is 2.48. The Morgan fingerprint density at radius 2 is 2.20 bits per heavy atom. The number of nitrogens with two attached hydrogens (primary N) is 1. The zero-order valence-corrected chi connectivity index (χ0v) is 11.5. The van der Waals surface area contributed by atoms with Crippen LogP contribution in [0.1, 0.15) is 43.7 Å². The second-order valence-electron chi connectivity index (χ2n) is 6.11. The molecule has 1 aliphatic heterocycles. The van der Waals surface area contributed by atoms with E-state index in [9.17, 15) is 15.2 Å². The zero-order chi connectivity index (χ0) is 14.2. The molecular weight excluding hydrogens is 256 g/mol. The predicted molar refractivity (Wildman–Crippen MR) is 74.2 cm³/mol. The van der Waals surface area contributed by atoms with Crippen LogP contribution in [0.5, 0.6) is 0 Å². The van der Waals surface area contributed by atoms with Gasteiger partial charge in [0, 0.05) is 30.0 Å². The fourth-order valence-electron chi connectivity index (χ4n) is 3.96. The number of aliphatic hydroxyl groups is 1. The van der Waals surface area contributed by atoms with Crippen molar-refractivity contribution in [3.63, 3.8) is 0 Å². The lowest BCUT2D eigenvalue weighted by Crippen LogP contribution is -2.91. The number of hydrogen-bond acceptors (Lipinski definition) is 3. The molecule has 0 spiro atoms. The van der Waals surface area contributed by atoms with Crippen molar-refractivity contribution >= 4 is 5.69 Å². The first kappa shape index (κ1) is 13.5. The van der Waals surface area contributed by atoms with Crippen molar-refractivity contribution in [1.29, 1.82) is 0 Å². The molecular formula is C15H21N2O3+. The van der Waals surface area contributed by atoms with E-state index in [-0.39, 0.29) is 22.6 Å². The van der Waals surface area contributed by atoms with Crippen LogP contribution >= 0.6 is 0 Å². The van der Waals surface area contributed by atoms with Crippen molar-refractivity contribution in [3.05, 3.63) is 39.9 Å². The second-order valence-corrected chi connectivity index (χ2v) is 6.11. The number of fused-ring (bicyclic) bond motifs is 1. The summed E-state index contributed by atoms with van der Waals surface area (Å²) in [5, 5.41) is 24.0. The molecule has 3 rings (SSSR count). The van der Waals surface area contributed by atoms with E-state index in [2.05, 4.69) is 5.32 Å². The first-order valence-corrected chi connectivity index (χ1v) is 7.40. The Morgan fingerprint density at radius 3 is 3.00 bits per heavy atom. The molecule has 1 aromatic rings. The van der Waals surface area contributed by atoms with E-state index in [1.165, 1.54) is 6.07 Å². The first-order chi connectivity index (χ1) is 9.60. The summed E-state index contributed by atoms with van der Waals surface area (Å²) in [6.45, 7) is 0.889. The van der Waals surface area contributed by atoms with Gasteiger partial charge in [0.1, 0.15) is 6.04 Å². The lowest BCUT2D eigenvalue weighted by Gasteiger charge is -2.46. The Labute approximate surface area is 118 Å². The topological polar surface area (TPSA) is 80.0 Å². The summed E-state index contributed by atoms with van der Waals surface area (Å²) >= 11 is 0. The minimum atomic E-state index is -0.567. The van der Waals surface area contributed by atoms with Gasteiger partial charge in [-0.2, -0.15) is 0 Å². The Morgan fingerprint density at radius 1 is 1.35 bits per heavy atom. The van der Waals surface area contributed by atoms with Crippen LogP contribution in [0.2, 0.25) is 0 Å². The normalized spacial score (nSPS) is 33.5. The molecule has 5 nitrogen and oxygen atoms in total. The fraction of sp³-hybridized carbons (Fsp3) is 0.600. The molecule has 5 heteroatoms. The lowest BCUT2D eigenvalue weighted by atomic mass is 9.67. The van der Waals surface area contributed by atoms with Crippen molar-refractivity contribution in [1.82, 2.24) is 0 Å². The average Bonchev–Trinajstić information content (AvgIpc) is 2.46. The molecule has 1 saturated carbocycles. The monoisotopic (exact) mass is 277 g/mol. The van der Waals surface area contributed by atoms with Crippen LogP contribution in [0.15, 0.2) is 24.3 Å². The number of piperidine rings is 1. The van der Waals surface area contributed by atoms with E-state index < -0.39 is 5.60 Å². The van der Waals surface area contributed by atoms with E-state index in [0.717, 1.165) is 44.2 Å². The molecule has 108 valence electrons. The molecule has 0 unspecified atom stereocenters. The maximum absolute atomic E-state index is 10.9. The fourth-order valence-corrected chi connectivity index (χ4v) is 3.96. The molecule has 0 amide bonds. The molecule has 0 radical (unpaired) electrons. The summed E-state index contributed by atoms with van der Waals surface area (Å²) < 4.78 is 0. The number of nitro groups is 1. The van der Waals surface area contributed by atoms with E-state index in [1.54, 1.807) is 12.1 Å². The number of quaternary nitrogens is 1. The standard InChI is InChI=1S/C15H20N2O3/c18-15-7-2-1-6-13(15)14(16-9-8-15)11-4-3-5-12(10-11)17(19)20/h3-5,10,13-14,16,18H,1-2,6-9H2/p+1/t13-,14-,15-/m0/s1. The third-order valence-electron chi connectivity index (χ3n) is 4.96. The minimum absolute atomic E-state index is 0.140. The quantitative estimate of drug-likeness (QED) is 0.635. The Bertz CT molecular complexity index is 516. The number of non-ortho nitro benzene ring substituents is 1. The van der Waals surface area contributed by atoms with Gasteiger partial charge >= 0.3 is 0 Å². The lowest BCUT2D eigenvalue weighted by molar-refractivity contribution is -0.719. The second kappa shape index (κ2) is 5.14. The summed E-state index contributed by atoms with van der Waals surface area (Å²) in [5.74, 6) is 0.215. The number of nitrogens with zero attached hydrogens (tertiary/aromatic N) is 1. The van der Waals surface area contributed by atoms with Crippen LogP contribution in [0, 0.1) is 16.0 Å². The van der Waals surface area contributed by atoms with Gasteiger partial charge < -0.3 is 10.4 Å². The van der Waals surface area contributed by atoms with E-state index in [1.807, 2.05) is 6.07 Å². The summed E-state index contributed by atoms with van der Waals surface area (Å²) in [5.41, 5.74) is 0.549. The van der Waals surface area contributed by atoms with Gasteiger partial charge in [0.05, 0.1) is 17.1 Å². The van der Waals surface area contributed by atoms with E-state index >= 15 is 0 Å². The van der Waals surface area contributed by atoms with E-state index in [4.69, 9.17) is 0 Å². The minimum Gasteiger partial charge on any atom is -0.389 e. The van der Waals surface area contributed by atoms with Gasteiger partial charge in [-0.25, -0.2) is 0 Å². The third kappa shape index (κ3) is 2.31. The maximum Gasteiger partial charge on any atom is 0.269 e. The van der Waals surface area contributed by atoms with Gasteiger partial charge in [0.15, 0.2) is 0 Å². The van der Waals surface area contributed by atoms with Gasteiger partial charge in [-0.1, -0.05) is 25.0 Å². The molecule has 1 aliphatic carbocycles. The van der Waals surface area contributed by atoms with Crippen LogP contribution in [-0.4, -0.2) is 22.2 Å². The van der Waals surface area contributed by atoms with Crippen LogP contribution in [0.3, 0.4) is 0 Å². The van der Waals surface area contributed by atoms with Gasteiger partial charge in [-0.3, -0.25) is 10.1 Å². The third-order valence-corrected chi connectivity index (χ3v) is 4.96. The Balaban J connectivity index is 1.92. The SMILES string of the molecule is O=[N+]([O-])c1cccc([C@@H]2[NH2+]CC[C@@]3(O)CCCC[C@@H]23)c1. The Kier molecular flexibility index (Phi) is 3.48. The van der Waals surface area contributed by atoms with E-state index in [0.29, 0.717) is 0 Å². The molecule has 1 saturated heterocycles. The summed E-state index contributed by atoms with van der Waals surface area (Å²) in [7, 11) is 0. The molecule has 2 fully saturated rings. The van der Waals surface area contributed by atoms with Crippen LogP contribution in [-0.2, 0) is 0 Å². The van der Waals surface area contributed by atoms with Crippen molar-refractivity contribution in [2.45, 2.75) is 43.7 Å². The largest absolute Gasteiger partial charge is 0.389 e. The van der Waals surface area contributed by atoms with Gasteiger partial charge in [0.2, 0.25) is 0 Å². The molecule has 1 aromatic carbocycles. The van der Waals surface area contributed by atoms with Crippen LogP contribution < -0.4 is 5.32 Å². The zero-order valence-electron chi connectivity index (χ0n) is 11.5. The summed E-state index contributed by atoms with van der Waals surface area (Å²) in [6.07, 6.45) is 4.96. The van der Waals surface area contributed by atoms with Gasteiger partial charge in [-0.05, 0) is 12.8 Å². The van der Waals surface area contributed by atoms with Crippen molar-refractivity contribution in [2.24, 2.45) is 5.92 Å². The predicted octanol–water partition coefficient (Wildman–Crippen LogP) is 1.52. The number of benzene rings is 1.